The van der Waals surface area contributed by atoms with E-state index >= 15 is 0 Å². The Balaban J connectivity index is 1.34. The molecule has 7 nitrogen and oxygen atoms in total. The predicted molar refractivity (Wildman–Crippen MR) is 151 cm³/mol. The van der Waals surface area contributed by atoms with Crippen molar-refractivity contribution in [3.05, 3.63) is 89.3 Å². The molecule has 0 amide bonds. The molecule has 0 radical (unpaired) electrons. The van der Waals surface area contributed by atoms with Gasteiger partial charge in [0.2, 0.25) is 0 Å². The number of nitrogens with two attached hydrogens (primary N) is 1. The summed E-state index contributed by atoms with van der Waals surface area (Å²) < 4.78 is 28.5. The highest BCUT2D eigenvalue weighted by Crippen LogP contribution is 2.31. The summed E-state index contributed by atoms with van der Waals surface area (Å²) in [6.45, 7) is 0.919. The minimum atomic E-state index is -2.98. The fourth-order valence-electron chi connectivity index (χ4n) is 3.86. The number of nitrogens with zero attached hydrogens (tertiary/aromatic N) is 2. The molecular weight excluding hydrogens is 504 g/mol. The Morgan fingerprint density at radius 2 is 1.62 bits per heavy atom. The van der Waals surface area contributed by atoms with Crippen LogP contribution in [0.15, 0.2) is 84.2 Å². The van der Waals surface area contributed by atoms with Crippen LogP contribution >= 0.6 is 11.3 Å². The third-order valence-corrected chi connectivity index (χ3v) is 7.54. The molecule has 0 atom stereocenters. The molecule has 0 fully saturated rings. The highest BCUT2D eigenvalue weighted by molar-refractivity contribution is 7.90. The standard InChI is InChI=1S/C28H26N4O3S2/c1-37(33,34)14-13-30-17-28-32-27(18-36-28)20-9-12-23-24(29)16-25(31-26(23)15-20)19-7-10-22(11-8-19)35-21-5-3-2-4-6-21/h2-12,15-16,18,30H,13-14,17H2,1H3,(H2,29,31). The van der Waals surface area contributed by atoms with Gasteiger partial charge in [0, 0.05) is 46.9 Å². The number of thiazole rings is 1. The maximum absolute atomic E-state index is 11.3. The number of benzene rings is 3. The van der Waals surface area contributed by atoms with E-state index in [0.717, 1.165) is 49.9 Å². The Labute approximate surface area is 219 Å². The number of pyridine rings is 1. The number of ether oxygens (including phenoxy) is 1. The molecule has 0 saturated carbocycles. The summed E-state index contributed by atoms with van der Waals surface area (Å²) in [6, 6.07) is 25.3. The summed E-state index contributed by atoms with van der Waals surface area (Å²) in [4.78, 5) is 9.58. The first-order valence-corrected chi connectivity index (χ1v) is 14.6. The molecule has 0 aliphatic carbocycles. The molecule has 0 aliphatic heterocycles. The molecule has 3 aromatic carbocycles. The summed E-state index contributed by atoms with van der Waals surface area (Å²) in [5.41, 5.74) is 11.3. The second-order valence-electron chi connectivity index (χ2n) is 8.70. The lowest BCUT2D eigenvalue weighted by atomic mass is 10.1. The van der Waals surface area contributed by atoms with Gasteiger partial charge in [0.05, 0.1) is 22.7 Å². The van der Waals surface area contributed by atoms with E-state index in [1.807, 2.05) is 84.2 Å². The van der Waals surface area contributed by atoms with Crippen LogP contribution < -0.4 is 15.8 Å². The van der Waals surface area contributed by atoms with Crippen LogP contribution in [0.3, 0.4) is 0 Å². The highest BCUT2D eigenvalue weighted by atomic mass is 32.2. The number of hydrogen-bond donors (Lipinski definition) is 2. The summed E-state index contributed by atoms with van der Waals surface area (Å²) in [5, 5.41) is 6.90. The molecule has 188 valence electrons. The number of para-hydroxylation sites is 1. The van der Waals surface area contributed by atoms with E-state index in [1.54, 1.807) is 0 Å². The van der Waals surface area contributed by atoms with E-state index in [1.165, 1.54) is 17.6 Å². The molecule has 37 heavy (non-hydrogen) atoms. The zero-order valence-electron chi connectivity index (χ0n) is 20.2. The molecule has 0 spiro atoms. The SMILES string of the molecule is CS(=O)(=O)CCNCc1nc(-c2ccc3c(N)cc(-c4ccc(Oc5ccccc5)cc4)nc3c2)cs1. The number of sulfone groups is 1. The molecule has 0 saturated heterocycles. The number of fused-ring (bicyclic) bond motifs is 1. The van der Waals surface area contributed by atoms with Gasteiger partial charge in [-0.1, -0.05) is 30.3 Å². The Hall–Kier alpha value is -3.79. The minimum absolute atomic E-state index is 0.105. The molecule has 5 rings (SSSR count). The smallest absolute Gasteiger partial charge is 0.148 e. The van der Waals surface area contributed by atoms with Crippen molar-refractivity contribution in [1.82, 2.24) is 15.3 Å². The van der Waals surface area contributed by atoms with Crippen molar-refractivity contribution in [2.75, 3.05) is 24.3 Å². The van der Waals surface area contributed by atoms with Crippen molar-refractivity contribution in [3.8, 4) is 34.0 Å². The van der Waals surface area contributed by atoms with Gasteiger partial charge >= 0.3 is 0 Å². The van der Waals surface area contributed by atoms with E-state index in [9.17, 15) is 8.42 Å². The molecule has 0 aliphatic rings. The molecule has 0 unspecified atom stereocenters. The van der Waals surface area contributed by atoms with E-state index in [4.69, 9.17) is 20.4 Å². The van der Waals surface area contributed by atoms with Crippen LogP contribution in [0.4, 0.5) is 5.69 Å². The second-order valence-corrected chi connectivity index (χ2v) is 11.9. The maximum Gasteiger partial charge on any atom is 0.148 e. The third-order valence-electron chi connectivity index (χ3n) is 5.74. The van der Waals surface area contributed by atoms with Gasteiger partial charge < -0.3 is 15.8 Å². The van der Waals surface area contributed by atoms with Crippen LogP contribution in [0, 0.1) is 0 Å². The Morgan fingerprint density at radius 1 is 0.892 bits per heavy atom. The van der Waals surface area contributed by atoms with Crippen molar-refractivity contribution >= 4 is 37.8 Å². The summed E-state index contributed by atoms with van der Waals surface area (Å²) in [6.07, 6.45) is 1.23. The second kappa shape index (κ2) is 10.7. The number of anilines is 1. The number of hydrogen-bond acceptors (Lipinski definition) is 8. The van der Waals surface area contributed by atoms with Crippen molar-refractivity contribution in [2.45, 2.75) is 6.54 Å². The Morgan fingerprint density at radius 3 is 2.38 bits per heavy atom. The quantitative estimate of drug-likeness (QED) is 0.241. The minimum Gasteiger partial charge on any atom is -0.457 e. The van der Waals surface area contributed by atoms with Crippen LogP contribution in [0.2, 0.25) is 0 Å². The molecule has 0 bridgehead atoms. The van der Waals surface area contributed by atoms with Crippen molar-refractivity contribution in [3.63, 3.8) is 0 Å². The van der Waals surface area contributed by atoms with Crippen LogP contribution in [-0.4, -0.2) is 36.9 Å². The first-order chi connectivity index (χ1) is 17.8. The average molecular weight is 531 g/mol. The lowest BCUT2D eigenvalue weighted by Crippen LogP contribution is -2.21. The first kappa shape index (κ1) is 24.9. The Bertz CT molecular complexity index is 1630. The van der Waals surface area contributed by atoms with Gasteiger partial charge in [0.15, 0.2) is 0 Å². The van der Waals surface area contributed by atoms with Crippen molar-refractivity contribution in [2.24, 2.45) is 0 Å². The molecule has 2 heterocycles. The molecular formula is C28H26N4O3S2. The molecule has 5 aromatic rings. The van der Waals surface area contributed by atoms with Gasteiger partial charge in [0.1, 0.15) is 26.3 Å². The largest absolute Gasteiger partial charge is 0.457 e. The van der Waals surface area contributed by atoms with Gasteiger partial charge in [-0.15, -0.1) is 11.3 Å². The fraction of sp³-hybridized carbons (Fsp3) is 0.143. The van der Waals surface area contributed by atoms with E-state index < -0.39 is 9.84 Å². The molecule has 3 N–H and O–H groups in total. The number of aromatic nitrogens is 2. The van der Waals surface area contributed by atoms with Crippen molar-refractivity contribution in [1.29, 1.82) is 0 Å². The first-order valence-electron chi connectivity index (χ1n) is 11.7. The van der Waals surface area contributed by atoms with Crippen molar-refractivity contribution < 1.29 is 13.2 Å². The third kappa shape index (κ3) is 6.32. The number of nitrogens with one attached hydrogen (secondary N) is 1. The topological polar surface area (TPSA) is 107 Å². The summed E-state index contributed by atoms with van der Waals surface area (Å²) in [5.74, 6) is 1.63. The fourth-order valence-corrected chi connectivity index (χ4v) is 5.15. The summed E-state index contributed by atoms with van der Waals surface area (Å²) >= 11 is 1.53. The number of nitrogen functional groups attached to an aromatic ring is 1. The zero-order chi connectivity index (χ0) is 25.8. The van der Waals surface area contributed by atoms with Gasteiger partial charge in [-0.05, 0) is 48.5 Å². The van der Waals surface area contributed by atoms with Crippen LogP contribution in [0.1, 0.15) is 5.01 Å². The lowest BCUT2D eigenvalue weighted by molar-refractivity contribution is 0.483. The normalized spacial score (nSPS) is 11.6. The molecule has 9 heteroatoms. The lowest BCUT2D eigenvalue weighted by Gasteiger charge is -2.09. The van der Waals surface area contributed by atoms with E-state index in [-0.39, 0.29) is 5.75 Å². The van der Waals surface area contributed by atoms with E-state index in [0.29, 0.717) is 18.8 Å². The van der Waals surface area contributed by atoms with Gasteiger partial charge in [-0.2, -0.15) is 0 Å². The predicted octanol–water partition coefficient (Wildman–Crippen LogP) is 5.53. The van der Waals surface area contributed by atoms with Gasteiger partial charge in [0.25, 0.3) is 0 Å². The summed E-state index contributed by atoms with van der Waals surface area (Å²) in [7, 11) is -2.98. The monoisotopic (exact) mass is 530 g/mol. The van der Waals surface area contributed by atoms with Crippen LogP contribution in [0.5, 0.6) is 11.5 Å². The Kier molecular flexibility index (Phi) is 7.18. The average Bonchev–Trinajstić information content (AvgIpc) is 3.36. The number of rotatable bonds is 9. The van der Waals surface area contributed by atoms with Gasteiger partial charge in [-0.25, -0.2) is 18.4 Å². The van der Waals surface area contributed by atoms with E-state index in [2.05, 4.69) is 5.32 Å². The maximum atomic E-state index is 11.3. The van der Waals surface area contributed by atoms with Gasteiger partial charge in [-0.3, -0.25) is 0 Å². The van der Waals surface area contributed by atoms with Crippen LogP contribution in [-0.2, 0) is 16.4 Å². The zero-order valence-corrected chi connectivity index (χ0v) is 21.9. The highest BCUT2D eigenvalue weighted by Gasteiger charge is 2.11. The molecule has 2 aromatic heterocycles. The van der Waals surface area contributed by atoms with Crippen LogP contribution in [0.25, 0.3) is 33.4 Å².